The van der Waals surface area contributed by atoms with Crippen molar-refractivity contribution in [3.05, 3.63) is 0 Å². The topological polar surface area (TPSA) is 92.4 Å². The highest BCUT2D eigenvalue weighted by Gasteiger charge is 2.17. The van der Waals surface area contributed by atoms with Gasteiger partial charge in [-0.25, -0.2) is 0 Å². The number of carboxylic acid groups (broad SMARTS) is 1. The fraction of sp³-hybridized carbons (Fsp3) is 0.750. The van der Waals surface area contributed by atoms with Crippen LogP contribution in [0.25, 0.3) is 0 Å². The van der Waals surface area contributed by atoms with Crippen LogP contribution in [0.15, 0.2) is 0 Å². The summed E-state index contributed by atoms with van der Waals surface area (Å²) in [7, 11) is 0. The summed E-state index contributed by atoms with van der Waals surface area (Å²) in [5.74, 6) is -1.74. The van der Waals surface area contributed by atoms with Crippen molar-refractivity contribution in [2.45, 2.75) is 26.3 Å². The summed E-state index contributed by atoms with van der Waals surface area (Å²) >= 11 is 0. The van der Waals surface area contributed by atoms with Crippen molar-refractivity contribution in [2.75, 3.05) is 6.54 Å². The average molecular weight is 188 g/mol. The van der Waals surface area contributed by atoms with Crippen LogP contribution in [0.5, 0.6) is 0 Å². The molecular formula is C8H16N2O3. The fourth-order valence-electron chi connectivity index (χ4n) is 0.799. The SMILES string of the molecule is CC(CN)NC(=O)C(C)CC(=O)O. The first-order chi connectivity index (χ1) is 5.97. The Hall–Kier alpha value is -1.10. The van der Waals surface area contributed by atoms with Gasteiger partial charge in [-0.1, -0.05) is 6.92 Å². The van der Waals surface area contributed by atoms with Gasteiger partial charge in [-0.2, -0.15) is 0 Å². The molecule has 0 bridgehead atoms. The molecule has 5 heteroatoms. The van der Waals surface area contributed by atoms with Gasteiger partial charge < -0.3 is 16.2 Å². The molecule has 0 aromatic carbocycles. The van der Waals surface area contributed by atoms with Gasteiger partial charge in [0.15, 0.2) is 0 Å². The lowest BCUT2D eigenvalue weighted by molar-refractivity contribution is -0.140. The van der Waals surface area contributed by atoms with Crippen LogP contribution in [0.3, 0.4) is 0 Å². The van der Waals surface area contributed by atoms with Crippen molar-refractivity contribution in [1.29, 1.82) is 0 Å². The van der Waals surface area contributed by atoms with E-state index in [-0.39, 0.29) is 18.4 Å². The molecule has 76 valence electrons. The Labute approximate surface area is 77.3 Å². The second-order valence-electron chi connectivity index (χ2n) is 3.14. The molecule has 0 saturated carbocycles. The van der Waals surface area contributed by atoms with E-state index in [1.54, 1.807) is 13.8 Å². The minimum absolute atomic E-state index is 0.108. The zero-order valence-corrected chi connectivity index (χ0v) is 7.91. The molecule has 0 radical (unpaired) electrons. The number of nitrogens with one attached hydrogen (secondary N) is 1. The molecule has 0 aromatic rings. The molecule has 0 fully saturated rings. The van der Waals surface area contributed by atoms with E-state index in [2.05, 4.69) is 5.32 Å². The Morgan fingerprint density at radius 3 is 2.38 bits per heavy atom. The average Bonchev–Trinajstić information content (AvgIpc) is 2.02. The van der Waals surface area contributed by atoms with Crippen LogP contribution in [0.2, 0.25) is 0 Å². The van der Waals surface area contributed by atoms with Gasteiger partial charge in [-0.15, -0.1) is 0 Å². The van der Waals surface area contributed by atoms with Gasteiger partial charge in [-0.3, -0.25) is 9.59 Å². The first-order valence-corrected chi connectivity index (χ1v) is 4.19. The van der Waals surface area contributed by atoms with Crippen LogP contribution < -0.4 is 11.1 Å². The normalized spacial score (nSPS) is 14.7. The van der Waals surface area contributed by atoms with Gasteiger partial charge in [0.2, 0.25) is 5.91 Å². The van der Waals surface area contributed by atoms with Gasteiger partial charge in [0.25, 0.3) is 0 Å². The molecule has 0 aliphatic rings. The summed E-state index contributed by atoms with van der Waals surface area (Å²) in [6.45, 7) is 3.70. The molecule has 0 heterocycles. The molecule has 2 atom stereocenters. The number of carbonyl (C=O) groups is 2. The maximum atomic E-state index is 11.2. The Kier molecular flexibility index (Phi) is 5.06. The van der Waals surface area contributed by atoms with Crippen molar-refractivity contribution in [1.82, 2.24) is 5.32 Å². The molecule has 0 aliphatic carbocycles. The predicted molar refractivity (Wildman–Crippen MR) is 48.1 cm³/mol. The van der Waals surface area contributed by atoms with E-state index in [4.69, 9.17) is 10.8 Å². The number of aliphatic carboxylic acids is 1. The summed E-state index contributed by atoms with van der Waals surface area (Å²) in [6.07, 6.45) is -0.150. The van der Waals surface area contributed by atoms with Crippen molar-refractivity contribution in [3.8, 4) is 0 Å². The highest BCUT2D eigenvalue weighted by atomic mass is 16.4. The lowest BCUT2D eigenvalue weighted by atomic mass is 10.1. The Morgan fingerprint density at radius 2 is 2.00 bits per heavy atom. The number of rotatable bonds is 5. The van der Waals surface area contributed by atoms with E-state index in [0.29, 0.717) is 6.54 Å². The molecule has 13 heavy (non-hydrogen) atoms. The van der Waals surface area contributed by atoms with E-state index < -0.39 is 11.9 Å². The van der Waals surface area contributed by atoms with Crippen LogP contribution in [-0.4, -0.2) is 29.6 Å². The van der Waals surface area contributed by atoms with Crippen molar-refractivity contribution >= 4 is 11.9 Å². The number of carbonyl (C=O) groups excluding carboxylic acids is 1. The summed E-state index contributed by atoms with van der Waals surface area (Å²) in [4.78, 5) is 21.5. The molecule has 0 rings (SSSR count). The zero-order chi connectivity index (χ0) is 10.4. The lowest BCUT2D eigenvalue weighted by Gasteiger charge is -2.14. The largest absolute Gasteiger partial charge is 0.481 e. The van der Waals surface area contributed by atoms with Gasteiger partial charge in [0.1, 0.15) is 0 Å². The number of hydrogen-bond donors (Lipinski definition) is 3. The van der Waals surface area contributed by atoms with E-state index in [1.165, 1.54) is 0 Å². The van der Waals surface area contributed by atoms with Gasteiger partial charge >= 0.3 is 5.97 Å². The second-order valence-corrected chi connectivity index (χ2v) is 3.14. The zero-order valence-electron chi connectivity index (χ0n) is 7.91. The fourth-order valence-corrected chi connectivity index (χ4v) is 0.799. The molecular weight excluding hydrogens is 172 g/mol. The Balaban J connectivity index is 3.89. The van der Waals surface area contributed by atoms with Crippen molar-refractivity contribution in [3.63, 3.8) is 0 Å². The molecule has 0 saturated heterocycles. The summed E-state index contributed by atoms with van der Waals surface area (Å²) < 4.78 is 0. The minimum Gasteiger partial charge on any atom is -0.481 e. The summed E-state index contributed by atoms with van der Waals surface area (Å²) in [5.41, 5.74) is 5.29. The van der Waals surface area contributed by atoms with E-state index >= 15 is 0 Å². The molecule has 4 N–H and O–H groups in total. The smallest absolute Gasteiger partial charge is 0.304 e. The lowest BCUT2D eigenvalue weighted by Crippen LogP contribution is -2.40. The first kappa shape index (κ1) is 11.9. The third kappa shape index (κ3) is 5.19. The van der Waals surface area contributed by atoms with Gasteiger partial charge in [-0.05, 0) is 6.92 Å². The third-order valence-electron chi connectivity index (χ3n) is 1.67. The molecule has 0 aliphatic heterocycles. The van der Waals surface area contributed by atoms with E-state index in [0.717, 1.165) is 0 Å². The van der Waals surface area contributed by atoms with Gasteiger partial charge in [0.05, 0.1) is 6.42 Å². The summed E-state index contributed by atoms with van der Waals surface area (Å²) in [6, 6.07) is -0.108. The molecule has 1 amide bonds. The van der Waals surface area contributed by atoms with Crippen LogP contribution in [-0.2, 0) is 9.59 Å². The minimum atomic E-state index is -0.969. The standard InChI is InChI=1S/C8H16N2O3/c1-5(3-7(11)12)8(13)10-6(2)4-9/h5-6H,3-4,9H2,1-2H3,(H,10,13)(H,11,12). The molecule has 0 spiro atoms. The van der Waals surface area contributed by atoms with Crippen molar-refractivity contribution < 1.29 is 14.7 Å². The van der Waals surface area contributed by atoms with Crippen molar-refractivity contribution in [2.24, 2.45) is 11.7 Å². The van der Waals surface area contributed by atoms with Crippen LogP contribution in [0.4, 0.5) is 0 Å². The number of carboxylic acids is 1. The maximum Gasteiger partial charge on any atom is 0.304 e. The Bertz CT molecular complexity index is 194. The maximum absolute atomic E-state index is 11.2. The Morgan fingerprint density at radius 1 is 1.46 bits per heavy atom. The van der Waals surface area contributed by atoms with Crippen LogP contribution in [0, 0.1) is 5.92 Å². The van der Waals surface area contributed by atoms with E-state index in [9.17, 15) is 9.59 Å². The van der Waals surface area contributed by atoms with Crippen LogP contribution in [0.1, 0.15) is 20.3 Å². The predicted octanol–water partition coefficient (Wildman–Crippen LogP) is -0.439. The van der Waals surface area contributed by atoms with E-state index in [1.807, 2.05) is 0 Å². The third-order valence-corrected chi connectivity index (χ3v) is 1.67. The highest BCUT2D eigenvalue weighted by Crippen LogP contribution is 2.01. The van der Waals surface area contributed by atoms with Crippen LogP contribution >= 0.6 is 0 Å². The molecule has 5 nitrogen and oxygen atoms in total. The molecule has 2 unspecified atom stereocenters. The highest BCUT2D eigenvalue weighted by molar-refractivity contribution is 5.82. The summed E-state index contributed by atoms with van der Waals surface area (Å²) in [5, 5.41) is 11.0. The monoisotopic (exact) mass is 188 g/mol. The number of amides is 1. The number of hydrogen-bond acceptors (Lipinski definition) is 3. The molecule has 0 aromatic heterocycles. The number of nitrogens with two attached hydrogens (primary N) is 1. The second kappa shape index (κ2) is 5.53. The quantitative estimate of drug-likeness (QED) is 0.545. The first-order valence-electron chi connectivity index (χ1n) is 4.19. The van der Waals surface area contributed by atoms with Gasteiger partial charge in [0, 0.05) is 18.5 Å².